The van der Waals surface area contributed by atoms with Crippen LogP contribution in [0.3, 0.4) is 0 Å². The molecule has 8 heteroatoms. The maximum atomic E-state index is 13.4. The summed E-state index contributed by atoms with van der Waals surface area (Å²) in [5.41, 5.74) is 3.20. The van der Waals surface area contributed by atoms with E-state index in [4.69, 9.17) is 4.74 Å². The molecule has 1 atom stereocenters. The number of rotatable bonds is 7. The number of aromatic nitrogens is 4. The topological polar surface area (TPSA) is 59.3 Å². The highest BCUT2D eigenvalue weighted by Crippen LogP contribution is 2.32. The Balaban J connectivity index is 1.41. The van der Waals surface area contributed by atoms with Gasteiger partial charge in [0.1, 0.15) is 11.6 Å². The van der Waals surface area contributed by atoms with Crippen LogP contribution in [0.15, 0.2) is 78.9 Å². The second-order valence-corrected chi connectivity index (χ2v) is 8.33. The van der Waals surface area contributed by atoms with Crippen molar-refractivity contribution < 1.29 is 9.13 Å². The van der Waals surface area contributed by atoms with Gasteiger partial charge in [-0.15, -0.1) is 5.10 Å². The van der Waals surface area contributed by atoms with Crippen LogP contribution in [0.5, 0.6) is 5.75 Å². The molecular formula is C26H27FN6O. The van der Waals surface area contributed by atoms with Gasteiger partial charge in [0.25, 0.3) is 0 Å². The van der Waals surface area contributed by atoms with Gasteiger partial charge in [-0.05, 0) is 45.8 Å². The predicted molar refractivity (Wildman–Crippen MR) is 128 cm³/mol. The number of benzene rings is 3. The molecule has 0 aliphatic carbocycles. The summed E-state index contributed by atoms with van der Waals surface area (Å²) in [5.74, 6) is 1.41. The first-order valence-corrected chi connectivity index (χ1v) is 11.4. The molecule has 0 bridgehead atoms. The molecule has 1 saturated heterocycles. The van der Waals surface area contributed by atoms with Crippen LogP contribution in [0.4, 0.5) is 10.1 Å². The Morgan fingerprint density at radius 2 is 1.59 bits per heavy atom. The van der Waals surface area contributed by atoms with E-state index in [2.05, 4.69) is 43.5 Å². The fourth-order valence-electron chi connectivity index (χ4n) is 4.55. The molecule has 34 heavy (non-hydrogen) atoms. The van der Waals surface area contributed by atoms with Crippen LogP contribution in [-0.4, -0.2) is 58.4 Å². The molecule has 0 amide bonds. The number of para-hydroxylation sites is 2. The summed E-state index contributed by atoms with van der Waals surface area (Å²) < 4.78 is 20.8. The van der Waals surface area contributed by atoms with Crippen LogP contribution in [0, 0.1) is 5.82 Å². The molecular weight excluding hydrogens is 431 g/mol. The van der Waals surface area contributed by atoms with Gasteiger partial charge in [-0.3, -0.25) is 4.90 Å². The van der Waals surface area contributed by atoms with Gasteiger partial charge in [0.2, 0.25) is 0 Å². The van der Waals surface area contributed by atoms with E-state index in [0.29, 0.717) is 6.54 Å². The fraction of sp³-hybridized carbons (Fsp3) is 0.269. The van der Waals surface area contributed by atoms with E-state index in [9.17, 15) is 4.39 Å². The highest BCUT2D eigenvalue weighted by molar-refractivity contribution is 5.58. The van der Waals surface area contributed by atoms with Crippen molar-refractivity contribution in [3.05, 3.63) is 102 Å². The summed E-state index contributed by atoms with van der Waals surface area (Å²) in [6.07, 6.45) is 0. The quantitative estimate of drug-likeness (QED) is 0.420. The first kappa shape index (κ1) is 22.0. The molecule has 7 nitrogen and oxygen atoms in total. The molecule has 1 fully saturated rings. The molecule has 3 aromatic carbocycles. The van der Waals surface area contributed by atoms with Gasteiger partial charge in [-0.2, -0.15) is 0 Å². The second-order valence-electron chi connectivity index (χ2n) is 8.33. The Morgan fingerprint density at radius 3 is 2.32 bits per heavy atom. The first-order valence-electron chi connectivity index (χ1n) is 11.4. The minimum Gasteiger partial charge on any atom is -0.495 e. The molecule has 5 rings (SSSR count). The molecule has 1 aromatic heterocycles. The van der Waals surface area contributed by atoms with Crippen LogP contribution in [0.25, 0.3) is 0 Å². The third-order valence-electron chi connectivity index (χ3n) is 6.27. The van der Waals surface area contributed by atoms with E-state index in [1.807, 2.05) is 41.1 Å². The number of halogens is 1. The number of hydrogen-bond donors (Lipinski definition) is 0. The molecule has 0 N–H and O–H groups in total. The van der Waals surface area contributed by atoms with Gasteiger partial charge in [0.15, 0.2) is 5.82 Å². The zero-order chi connectivity index (χ0) is 23.3. The minimum atomic E-state index is -0.254. The Kier molecular flexibility index (Phi) is 6.49. The number of nitrogens with zero attached hydrogens (tertiary/aromatic N) is 6. The molecule has 0 unspecified atom stereocenters. The number of methoxy groups -OCH3 is 1. The van der Waals surface area contributed by atoms with Crippen molar-refractivity contribution in [3.8, 4) is 5.75 Å². The minimum absolute atomic E-state index is 0.0866. The van der Waals surface area contributed by atoms with Crippen molar-refractivity contribution in [2.24, 2.45) is 0 Å². The first-order chi connectivity index (χ1) is 16.7. The summed E-state index contributed by atoms with van der Waals surface area (Å²) in [4.78, 5) is 4.78. The Morgan fingerprint density at radius 1 is 0.882 bits per heavy atom. The number of piperazine rings is 1. The van der Waals surface area contributed by atoms with E-state index in [0.717, 1.165) is 54.6 Å². The van der Waals surface area contributed by atoms with E-state index >= 15 is 0 Å². The molecule has 0 radical (unpaired) electrons. The van der Waals surface area contributed by atoms with Crippen molar-refractivity contribution in [2.75, 3.05) is 38.2 Å². The molecule has 2 heterocycles. The average Bonchev–Trinajstić information content (AvgIpc) is 3.34. The second kappa shape index (κ2) is 10.0. The predicted octanol–water partition coefficient (Wildman–Crippen LogP) is 3.78. The monoisotopic (exact) mass is 458 g/mol. The lowest BCUT2D eigenvalue weighted by Gasteiger charge is -2.40. The van der Waals surface area contributed by atoms with Crippen molar-refractivity contribution in [1.82, 2.24) is 25.1 Å². The van der Waals surface area contributed by atoms with Gasteiger partial charge >= 0.3 is 0 Å². The lowest BCUT2D eigenvalue weighted by atomic mass is 10.0. The van der Waals surface area contributed by atoms with Crippen molar-refractivity contribution in [2.45, 2.75) is 12.6 Å². The number of anilines is 1. The maximum absolute atomic E-state index is 13.4. The standard InChI is InChI=1S/C26H27FN6O/c1-34-24-10-6-5-9-23(24)31-15-17-32(18-16-31)25(21-7-3-2-4-8-21)26-28-29-30-33(26)19-20-11-13-22(27)14-12-20/h2-14,25H,15-19H2,1H3/t25-/m0/s1. The van der Waals surface area contributed by atoms with Crippen molar-refractivity contribution >= 4 is 5.69 Å². The van der Waals surface area contributed by atoms with E-state index in [1.54, 1.807) is 19.2 Å². The molecule has 0 saturated carbocycles. The summed E-state index contributed by atoms with van der Waals surface area (Å²) in [6.45, 7) is 3.90. The van der Waals surface area contributed by atoms with Gasteiger partial charge in [-0.25, -0.2) is 9.07 Å². The number of ether oxygens (including phenoxy) is 1. The number of tetrazole rings is 1. The lowest BCUT2D eigenvalue weighted by molar-refractivity contribution is 0.201. The van der Waals surface area contributed by atoms with Crippen LogP contribution in [0.2, 0.25) is 0 Å². The Hall–Kier alpha value is -3.78. The summed E-state index contributed by atoms with van der Waals surface area (Å²) in [7, 11) is 1.71. The Labute approximate surface area is 198 Å². The third kappa shape index (κ3) is 4.63. The lowest BCUT2D eigenvalue weighted by Crippen LogP contribution is -2.48. The fourth-order valence-corrected chi connectivity index (χ4v) is 4.55. The maximum Gasteiger partial charge on any atom is 0.173 e. The van der Waals surface area contributed by atoms with Crippen LogP contribution in [0.1, 0.15) is 23.0 Å². The van der Waals surface area contributed by atoms with Gasteiger partial charge in [0, 0.05) is 26.2 Å². The molecule has 1 aliphatic rings. The van der Waals surface area contributed by atoms with Gasteiger partial charge in [0.05, 0.1) is 25.4 Å². The van der Waals surface area contributed by atoms with E-state index < -0.39 is 0 Å². The van der Waals surface area contributed by atoms with Crippen molar-refractivity contribution in [3.63, 3.8) is 0 Å². The largest absolute Gasteiger partial charge is 0.495 e. The smallest absolute Gasteiger partial charge is 0.173 e. The summed E-state index contributed by atoms with van der Waals surface area (Å²) in [6, 6.07) is 24.9. The van der Waals surface area contributed by atoms with E-state index in [1.165, 1.54) is 12.1 Å². The molecule has 174 valence electrons. The van der Waals surface area contributed by atoms with Gasteiger partial charge in [-0.1, -0.05) is 54.6 Å². The summed E-state index contributed by atoms with van der Waals surface area (Å²) in [5, 5.41) is 12.7. The van der Waals surface area contributed by atoms with Crippen LogP contribution >= 0.6 is 0 Å². The normalized spacial score (nSPS) is 15.3. The van der Waals surface area contributed by atoms with Gasteiger partial charge < -0.3 is 9.64 Å². The highest BCUT2D eigenvalue weighted by atomic mass is 19.1. The zero-order valence-electron chi connectivity index (χ0n) is 19.1. The number of hydrogen-bond acceptors (Lipinski definition) is 6. The zero-order valence-corrected chi connectivity index (χ0v) is 19.1. The molecule has 0 spiro atoms. The van der Waals surface area contributed by atoms with Crippen LogP contribution < -0.4 is 9.64 Å². The summed E-state index contributed by atoms with van der Waals surface area (Å²) >= 11 is 0. The van der Waals surface area contributed by atoms with Crippen molar-refractivity contribution in [1.29, 1.82) is 0 Å². The van der Waals surface area contributed by atoms with Crippen LogP contribution in [-0.2, 0) is 6.54 Å². The average molecular weight is 459 g/mol. The van der Waals surface area contributed by atoms with E-state index in [-0.39, 0.29) is 11.9 Å². The SMILES string of the molecule is COc1ccccc1N1CCN([C@@H](c2ccccc2)c2nnnn2Cc2ccc(F)cc2)CC1. The molecule has 4 aromatic rings. The molecule has 1 aliphatic heterocycles. The highest BCUT2D eigenvalue weighted by Gasteiger charge is 2.31. The Bertz CT molecular complexity index is 1210. The third-order valence-corrected chi connectivity index (χ3v) is 6.27.